The quantitative estimate of drug-likeness (QED) is 0.546. The molecular formula is C11H12O4. The summed E-state index contributed by atoms with van der Waals surface area (Å²) in [6.07, 6.45) is 0.0972. The molecule has 0 heterocycles. The first-order valence-electron chi connectivity index (χ1n) is 4.52. The van der Waals surface area contributed by atoms with Gasteiger partial charge in [-0.1, -0.05) is 24.3 Å². The summed E-state index contributed by atoms with van der Waals surface area (Å²) in [6, 6.07) is 7.44. The third-order valence-electron chi connectivity index (χ3n) is 1.85. The first-order chi connectivity index (χ1) is 7.09. The van der Waals surface area contributed by atoms with E-state index < -0.39 is 11.9 Å². The van der Waals surface area contributed by atoms with Gasteiger partial charge in [0, 0.05) is 6.92 Å². The highest BCUT2D eigenvalue weighted by molar-refractivity contribution is 5.74. The number of carbonyl (C=O) groups excluding carboxylic acids is 2. The van der Waals surface area contributed by atoms with E-state index in [2.05, 4.69) is 9.78 Å². The van der Waals surface area contributed by atoms with Crippen LogP contribution in [0.4, 0.5) is 0 Å². The van der Waals surface area contributed by atoms with Gasteiger partial charge < -0.3 is 0 Å². The van der Waals surface area contributed by atoms with E-state index in [4.69, 9.17) is 0 Å². The Labute approximate surface area is 87.7 Å². The van der Waals surface area contributed by atoms with Gasteiger partial charge in [-0.05, 0) is 18.1 Å². The maximum Gasteiger partial charge on any atom is 0.359 e. The highest BCUT2D eigenvalue weighted by Gasteiger charge is 2.09. The molecule has 1 rings (SSSR count). The number of benzene rings is 1. The monoisotopic (exact) mass is 208 g/mol. The van der Waals surface area contributed by atoms with Crippen LogP contribution in [-0.2, 0) is 25.8 Å². The van der Waals surface area contributed by atoms with Gasteiger partial charge >= 0.3 is 11.9 Å². The molecule has 0 N–H and O–H groups in total. The summed E-state index contributed by atoms with van der Waals surface area (Å²) in [5, 5.41) is 0. The van der Waals surface area contributed by atoms with Crippen LogP contribution in [0.5, 0.6) is 0 Å². The molecule has 0 radical (unpaired) electrons. The summed E-state index contributed by atoms with van der Waals surface area (Å²) < 4.78 is 0. The molecule has 1 aromatic rings. The Morgan fingerprint density at radius 3 is 2.47 bits per heavy atom. The van der Waals surface area contributed by atoms with Crippen LogP contribution in [0.15, 0.2) is 24.3 Å². The van der Waals surface area contributed by atoms with Gasteiger partial charge in [-0.25, -0.2) is 19.4 Å². The summed E-state index contributed by atoms with van der Waals surface area (Å²) >= 11 is 0. The summed E-state index contributed by atoms with van der Waals surface area (Å²) in [5.74, 6) is -1.23. The maximum atomic E-state index is 11.2. The predicted octanol–water partition coefficient (Wildman–Crippen LogP) is 1.56. The van der Waals surface area contributed by atoms with Crippen molar-refractivity contribution in [1.29, 1.82) is 0 Å². The van der Waals surface area contributed by atoms with E-state index in [1.54, 1.807) is 0 Å². The second-order valence-electron chi connectivity index (χ2n) is 3.13. The van der Waals surface area contributed by atoms with E-state index in [9.17, 15) is 9.59 Å². The van der Waals surface area contributed by atoms with Crippen LogP contribution in [0.1, 0.15) is 18.1 Å². The molecule has 0 aliphatic rings. The summed E-state index contributed by atoms with van der Waals surface area (Å²) in [7, 11) is 0. The lowest BCUT2D eigenvalue weighted by Gasteiger charge is -2.03. The van der Waals surface area contributed by atoms with Crippen molar-refractivity contribution in [1.82, 2.24) is 0 Å². The number of carbonyl (C=O) groups is 2. The smallest absolute Gasteiger partial charge is 0.248 e. The fourth-order valence-electron chi connectivity index (χ4n) is 1.10. The number of hydrogen-bond donors (Lipinski definition) is 0. The highest BCUT2D eigenvalue weighted by atomic mass is 17.2. The molecule has 0 aromatic heterocycles. The third-order valence-corrected chi connectivity index (χ3v) is 1.85. The lowest BCUT2D eigenvalue weighted by atomic mass is 10.1. The summed E-state index contributed by atoms with van der Waals surface area (Å²) in [6.45, 7) is 3.06. The lowest BCUT2D eigenvalue weighted by molar-refractivity contribution is -0.256. The molecule has 0 aliphatic carbocycles. The number of aryl methyl sites for hydroxylation is 1. The molecule has 1 aromatic carbocycles. The fourth-order valence-corrected chi connectivity index (χ4v) is 1.10. The molecule has 0 amide bonds. The molecule has 0 saturated carbocycles. The number of rotatable bonds is 2. The topological polar surface area (TPSA) is 52.6 Å². The zero-order valence-electron chi connectivity index (χ0n) is 8.65. The van der Waals surface area contributed by atoms with Crippen molar-refractivity contribution in [2.75, 3.05) is 0 Å². The first kappa shape index (κ1) is 11.2. The van der Waals surface area contributed by atoms with E-state index in [0.29, 0.717) is 0 Å². The molecule has 4 heteroatoms. The van der Waals surface area contributed by atoms with Crippen molar-refractivity contribution >= 4 is 11.9 Å². The van der Waals surface area contributed by atoms with E-state index >= 15 is 0 Å². The van der Waals surface area contributed by atoms with Gasteiger partial charge in [0.25, 0.3) is 0 Å². The van der Waals surface area contributed by atoms with E-state index in [-0.39, 0.29) is 6.42 Å². The molecule has 0 spiro atoms. The summed E-state index contributed by atoms with van der Waals surface area (Å²) in [5.41, 5.74) is 1.85. The fraction of sp³-hybridized carbons (Fsp3) is 0.273. The first-order valence-corrected chi connectivity index (χ1v) is 4.52. The molecule has 15 heavy (non-hydrogen) atoms. The van der Waals surface area contributed by atoms with Gasteiger partial charge in [-0.2, -0.15) is 0 Å². The SMILES string of the molecule is CC(=O)OOC(=O)Cc1ccccc1C. The standard InChI is InChI=1S/C11H12O4/c1-8-5-3-4-6-10(8)7-11(13)15-14-9(2)12/h3-6H,7H2,1-2H3. The average molecular weight is 208 g/mol. The Morgan fingerprint density at radius 1 is 1.20 bits per heavy atom. The molecule has 0 atom stereocenters. The van der Waals surface area contributed by atoms with E-state index in [1.807, 2.05) is 31.2 Å². The van der Waals surface area contributed by atoms with Gasteiger partial charge in [0.1, 0.15) is 0 Å². The van der Waals surface area contributed by atoms with Crippen molar-refractivity contribution in [2.45, 2.75) is 20.3 Å². The second kappa shape index (κ2) is 5.14. The summed E-state index contributed by atoms with van der Waals surface area (Å²) in [4.78, 5) is 29.9. The van der Waals surface area contributed by atoms with Gasteiger partial charge in [-0.15, -0.1) is 0 Å². The van der Waals surface area contributed by atoms with Crippen molar-refractivity contribution < 1.29 is 19.4 Å². The predicted molar refractivity (Wildman–Crippen MR) is 52.7 cm³/mol. The third kappa shape index (κ3) is 3.81. The van der Waals surface area contributed by atoms with E-state index in [1.165, 1.54) is 6.92 Å². The second-order valence-corrected chi connectivity index (χ2v) is 3.13. The Morgan fingerprint density at radius 2 is 1.87 bits per heavy atom. The van der Waals surface area contributed by atoms with Gasteiger partial charge in [0.05, 0.1) is 6.42 Å². The van der Waals surface area contributed by atoms with Crippen LogP contribution in [0.2, 0.25) is 0 Å². The minimum atomic E-state index is -0.645. The largest absolute Gasteiger partial charge is 0.359 e. The molecule has 0 saturated heterocycles. The maximum absolute atomic E-state index is 11.2. The number of hydrogen-bond acceptors (Lipinski definition) is 4. The molecule has 4 nitrogen and oxygen atoms in total. The van der Waals surface area contributed by atoms with Crippen molar-refractivity contribution in [2.24, 2.45) is 0 Å². The molecular weight excluding hydrogens is 196 g/mol. The van der Waals surface area contributed by atoms with Crippen LogP contribution in [0.3, 0.4) is 0 Å². The molecule has 0 unspecified atom stereocenters. The Bertz CT molecular complexity index is 371. The van der Waals surface area contributed by atoms with Crippen LogP contribution in [0, 0.1) is 6.92 Å². The Balaban J connectivity index is 2.52. The van der Waals surface area contributed by atoms with Crippen molar-refractivity contribution in [3.05, 3.63) is 35.4 Å². The minimum Gasteiger partial charge on any atom is -0.248 e. The van der Waals surface area contributed by atoms with Crippen LogP contribution in [-0.4, -0.2) is 11.9 Å². The molecule has 80 valence electrons. The normalized spacial score (nSPS) is 9.47. The highest BCUT2D eigenvalue weighted by Crippen LogP contribution is 2.08. The lowest BCUT2D eigenvalue weighted by Crippen LogP contribution is -2.11. The minimum absolute atomic E-state index is 0.0972. The van der Waals surface area contributed by atoms with Crippen molar-refractivity contribution in [3.8, 4) is 0 Å². The average Bonchev–Trinajstić information content (AvgIpc) is 2.18. The van der Waals surface area contributed by atoms with Crippen LogP contribution < -0.4 is 0 Å². The zero-order chi connectivity index (χ0) is 11.3. The van der Waals surface area contributed by atoms with Gasteiger partial charge in [0.15, 0.2) is 0 Å². The van der Waals surface area contributed by atoms with Gasteiger partial charge in [-0.3, -0.25) is 0 Å². The van der Waals surface area contributed by atoms with Crippen molar-refractivity contribution in [3.63, 3.8) is 0 Å². The Kier molecular flexibility index (Phi) is 3.85. The molecule has 0 aliphatic heterocycles. The van der Waals surface area contributed by atoms with Crippen LogP contribution in [0.25, 0.3) is 0 Å². The molecule has 0 fully saturated rings. The molecule has 0 bridgehead atoms. The van der Waals surface area contributed by atoms with Crippen LogP contribution >= 0.6 is 0 Å². The van der Waals surface area contributed by atoms with E-state index in [0.717, 1.165) is 11.1 Å². The zero-order valence-corrected chi connectivity index (χ0v) is 8.65. The Hall–Kier alpha value is -1.84. The van der Waals surface area contributed by atoms with Gasteiger partial charge in [0.2, 0.25) is 0 Å².